The summed E-state index contributed by atoms with van der Waals surface area (Å²) in [6, 6.07) is 0. The van der Waals surface area contributed by atoms with Crippen LogP contribution in [0.4, 0.5) is 0 Å². The number of rotatable bonds is 3. The van der Waals surface area contributed by atoms with E-state index in [4.69, 9.17) is 16.3 Å². The molecule has 0 amide bonds. The third kappa shape index (κ3) is 2.75. The van der Waals surface area contributed by atoms with E-state index in [9.17, 15) is 14.7 Å². The van der Waals surface area contributed by atoms with Gasteiger partial charge in [0.2, 0.25) is 0 Å². The molecule has 140 valence electrons. The highest BCUT2D eigenvalue weighted by molar-refractivity contribution is 6.33. The van der Waals surface area contributed by atoms with Gasteiger partial charge in [0.15, 0.2) is 11.6 Å². The van der Waals surface area contributed by atoms with Crippen molar-refractivity contribution < 1.29 is 19.4 Å². The number of benzene rings is 1. The second-order valence-corrected chi connectivity index (χ2v) is 7.84. The second kappa shape index (κ2) is 6.73. The smallest absolute Gasteiger partial charge is 0.170 e. The van der Waals surface area contributed by atoms with Gasteiger partial charge in [0, 0.05) is 36.7 Å². The maximum absolute atomic E-state index is 12.5. The SMILES string of the molecule is CCC(=O)C1=C(O)CC(c2c(C)c(C)c3c(c2Cl)OC(C)C3C)CC1=O. The first kappa shape index (κ1) is 19.0. The summed E-state index contributed by atoms with van der Waals surface area (Å²) < 4.78 is 6.00. The molecule has 0 spiro atoms. The van der Waals surface area contributed by atoms with Crippen molar-refractivity contribution in [3.63, 3.8) is 0 Å². The predicted octanol–water partition coefficient (Wildman–Crippen LogP) is 5.08. The first-order valence-electron chi connectivity index (χ1n) is 9.16. The Balaban J connectivity index is 2.09. The zero-order valence-electron chi connectivity index (χ0n) is 15.9. The van der Waals surface area contributed by atoms with E-state index in [0.29, 0.717) is 10.8 Å². The van der Waals surface area contributed by atoms with Crippen molar-refractivity contribution >= 4 is 23.2 Å². The van der Waals surface area contributed by atoms with Gasteiger partial charge in [0.1, 0.15) is 17.6 Å². The fraction of sp³-hybridized carbons (Fsp3) is 0.524. The number of Topliss-reactive ketones (excluding diaryl/α,β-unsaturated/α-hetero) is 2. The molecule has 0 fully saturated rings. The van der Waals surface area contributed by atoms with Crippen LogP contribution in [-0.4, -0.2) is 22.8 Å². The molecule has 4 nitrogen and oxygen atoms in total. The third-order valence-corrected chi connectivity index (χ3v) is 6.34. The number of carbonyl (C=O) groups is 2. The van der Waals surface area contributed by atoms with Crippen molar-refractivity contribution in [2.75, 3.05) is 0 Å². The van der Waals surface area contributed by atoms with E-state index in [1.165, 1.54) is 0 Å². The number of allylic oxidation sites excluding steroid dienone is 2. The van der Waals surface area contributed by atoms with E-state index in [1.54, 1.807) is 6.92 Å². The highest BCUT2D eigenvalue weighted by Crippen LogP contribution is 2.51. The number of fused-ring (bicyclic) bond motifs is 1. The van der Waals surface area contributed by atoms with Gasteiger partial charge in [-0.25, -0.2) is 0 Å². The Labute approximate surface area is 159 Å². The first-order valence-corrected chi connectivity index (χ1v) is 9.54. The van der Waals surface area contributed by atoms with E-state index in [-0.39, 0.29) is 60.1 Å². The number of ether oxygens (including phenoxy) is 1. The minimum absolute atomic E-state index is 0.0334. The number of ketones is 2. The van der Waals surface area contributed by atoms with Crippen LogP contribution < -0.4 is 4.74 Å². The number of aliphatic hydroxyl groups is 1. The van der Waals surface area contributed by atoms with E-state index < -0.39 is 0 Å². The van der Waals surface area contributed by atoms with Gasteiger partial charge in [-0.2, -0.15) is 0 Å². The molecule has 1 heterocycles. The summed E-state index contributed by atoms with van der Waals surface area (Å²) in [6.07, 6.45) is 0.675. The molecule has 0 bridgehead atoms. The molecule has 0 saturated carbocycles. The molecular weight excluding hydrogens is 352 g/mol. The molecule has 3 atom stereocenters. The van der Waals surface area contributed by atoms with E-state index in [1.807, 2.05) is 13.8 Å². The topological polar surface area (TPSA) is 63.6 Å². The van der Waals surface area contributed by atoms with Crippen LogP contribution in [0, 0.1) is 13.8 Å². The molecule has 3 rings (SSSR count). The summed E-state index contributed by atoms with van der Waals surface area (Å²) in [7, 11) is 0. The predicted molar refractivity (Wildman–Crippen MR) is 101 cm³/mol. The maximum atomic E-state index is 12.5. The summed E-state index contributed by atoms with van der Waals surface area (Å²) in [5.41, 5.74) is 4.12. The minimum Gasteiger partial charge on any atom is -0.511 e. The van der Waals surface area contributed by atoms with Crippen LogP contribution in [0.25, 0.3) is 0 Å². The summed E-state index contributed by atoms with van der Waals surface area (Å²) in [5.74, 6) is -0.00946. The zero-order valence-corrected chi connectivity index (χ0v) is 16.7. The first-order chi connectivity index (χ1) is 12.2. The quantitative estimate of drug-likeness (QED) is 0.747. The van der Waals surface area contributed by atoms with Crippen molar-refractivity contribution in [3.05, 3.63) is 38.6 Å². The molecule has 1 aliphatic carbocycles. The lowest BCUT2D eigenvalue weighted by molar-refractivity contribution is -0.122. The van der Waals surface area contributed by atoms with Crippen LogP contribution >= 0.6 is 11.6 Å². The van der Waals surface area contributed by atoms with Gasteiger partial charge < -0.3 is 9.84 Å². The van der Waals surface area contributed by atoms with E-state index in [0.717, 1.165) is 22.3 Å². The van der Waals surface area contributed by atoms with Gasteiger partial charge in [-0.05, 0) is 37.5 Å². The van der Waals surface area contributed by atoms with Gasteiger partial charge in [-0.15, -0.1) is 0 Å². The van der Waals surface area contributed by atoms with Crippen LogP contribution in [0.5, 0.6) is 5.75 Å². The summed E-state index contributed by atoms with van der Waals surface area (Å²) in [4.78, 5) is 24.5. The average Bonchev–Trinajstić information content (AvgIpc) is 2.88. The molecule has 1 aliphatic heterocycles. The Kier molecular flexibility index (Phi) is 4.91. The summed E-state index contributed by atoms with van der Waals surface area (Å²) in [6.45, 7) is 9.90. The molecule has 0 aromatic heterocycles. The Hall–Kier alpha value is -1.81. The van der Waals surface area contributed by atoms with Gasteiger partial charge in [-0.1, -0.05) is 25.4 Å². The fourth-order valence-electron chi connectivity index (χ4n) is 4.24. The van der Waals surface area contributed by atoms with Crippen molar-refractivity contribution in [3.8, 4) is 5.75 Å². The van der Waals surface area contributed by atoms with Gasteiger partial charge in [0.25, 0.3) is 0 Å². The van der Waals surface area contributed by atoms with Crippen molar-refractivity contribution in [2.24, 2.45) is 0 Å². The molecule has 2 aliphatic rings. The highest BCUT2D eigenvalue weighted by atomic mass is 35.5. The van der Waals surface area contributed by atoms with E-state index in [2.05, 4.69) is 13.8 Å². The number of hydrogen-bond acceptors (Lipinski definition) is 4. The zero-order chi connectivity index (χ0) is 19.3. The number of halogens is 1. The lowest BCUT2D eigenvalue weighted by Gasteiger charge is -2.27. The van der Waals surface area contributed by atoms with Crippen molar-refractivity contribution in [2.45, 2.75) is 71.8 Å². The van der Waals surface area contributed by atoms with Crippen molar-refractivity contribution in [1.29, 1.82) is 0 Å². The molecule has 0 saturated heterocycles. The molecular formula is C21H25ClO4. The molecule has 1 aromatic carbocycles. The van der Waals surface area contributed by atoms with Gasteiger partial charge >= 0.3 is 0 Å². The summed E-state index contributed by atoms with van der Waals surface area (Å²) >= 11 is 6.72. The van der Waals surface area contributed by atoms with Crippen LogP contribution in [0.15, 0.2) is 11.3 Å². The summed E-state index contributed by atoms with van der Waals surface area (Å²) in [5, 5.41) is 10.9. The van der Waals surface area contributed by atoms with Crippen LogP contribution in [-0.2, 0) is 9.59 Å². The average molecular weight is 377 g/mol. The molecule has 3 unspecified atom stereocenters. The maximum Gasteiger partial charge on any atom is 0.170 e. The lowest BCUT2D eigenvalue weighted by atomic mass is 9.77. The largest absolute Gasteiger partial charge is 0.511 e. The third-order valence-electron chi connectivity index (χ3n) is 5.96. The Bertz CT molecular complexity index is 837. The molecule has 1 aromatic rings. The Morgan fingerprint density at radius 3 is 2.38 bits per heavy atom. The molecule has 26 heavy (non-hydrogen) atoms. The van der Waals surface area contributed by atoms with Gasteiger partial charge in [-0.3, -0.25) is 9.59 Å². The van der Waals surface area contributed by atoms with Crippen LogP contribution in [0.3, 0.4) is 0 Å². The second-order valence-electron chi connectivity index (χ2n) is 7.46. The molecule has 0 radical (unpaired) electrons. The van der Waals surface area contributed by atoms with E-state index >= 15 is 0 Å². The minimum atomic E-state index is -0.304. The monoisotopic (exact) mass is 376 g/mol. The fourth-order valence-corrected chi connectivity index (χ4v) is 4.69. The Morgan fingerprint density at radius 2 is 1.81 bits per heavy atom. The number of carbonyl (C=O) groups excluding carboxylic acids is 2. The molecule has 5 heteroatoms. The number of hydrogen-bond donors (Lipinski definition) is 1. The highest BCUT2D eigenvalue weighted by Gasteiger charge is 2.38. The Morgan fingerprint density at radius 1 is 1.19 bits per heavy atom. The van der Waals surface area contributed by atoms with Crippen molar-refractivity contribution in [1.82, 2.24) is 0 Å². The lowest BCUT2D eigenvalue weighted by Crippen LogP contribution is -2.24. The van der Waals surface area contributed by atoms with Crippen LogP contribution in [0.2, 0.25) is 5.02 Å². The standard InChI is InChI=1S/C21H25ClO4/c1-6-14(23)19-15(24)7-13(8-16(19)25)18-10(3)9(2)17-11(4)12(5)26-21(17)20(18)22/h11-13,24H,6-8H2,1-5H3. The molecule has 1 N–H and O–H groups in total. The normalized spacial score (nSPS) is 25.3. The number of aliphatic hydroxyl groups excluding tert-OH is 1. The van der Waals surface area contributed by atoms with Crippen LogP contribution in [0.1, 0.15) is 74.1 Å². The van der Waals surface area contributed by atoms with Gasteiger partial charge in [0.05, 0.1) is 10.6 Å².